The quantitative estimate of drug-likeness (QED) is 0.895. The molecule has 2 aliphatic heterocycles. The predicted octanol–water partition coefficient (Wildman–Crippen LogP) is 2.26. The number of halogens is 3. The van der Waals surface area contributed by atoms with Crippen molar-refractivity contribution in [2.45, 2.75) is 50.7 Å². The lowest BCUT2D eigenvalue weighted by Gasteiger charge is -2.31. The number of aromatic nitrogens is 4. The van der Waals surface area contributed by atoms with Crippen molar-refractivity contribution in [3.8, 4) is 17.3 Å². The van der Waals surface area contributed by atoms with Gasteiger partial charge in [0.1, 0.15) is 6.10 Å². The molecule has 26 heavy (non-hydrogen) atoms. The zero-order valence-corrected chi connectivity index (χ0v) is 14.3. The van der Waals surface area contributed by atoms with Crippen molar-refractivity contribution in [2.75, 3.05) is 13.2 Å². The number of imidazole rings is 1. The number of hydrogen-bond donors (Lipinski definition) is 1. The van der Waals surface area contributed by atoms with E-state index in [1.807, 2.05) is 0 Å². The fourth-order valence-electron chi connectivity index (χ4n) is 3.39. The molecule has 4 rings (SSSR count). The van der Waals surface area contributed by atoms with E-state index in [4.69, 9.17) is 9.47 Å². The highest BCUT2D eigenvalue weighted by Gasteiger charge is 2.55. The normalized spacial score (nSPS) is 24.8. The van der Waals surface area contributed by atoms with Crippen LogP contribution in [0.25, 0.3) is 11.4 Å². The third-order valence-corrected chi connectivity index (χ3v) is 4.86. The molecule has 0 amide bonds. The van der Waals surface area contributed by atoms with Crippen LogP contribution in [0.1, 0.15) is 32.1 Å². The molecule has 0 saturated carbocycles. The molecule has 0 radical (unpaired) electrons. The highest BCUT2D eigenvalue weighted by atomic mass is 19.4. The standard InChI is InChI=1S/C16H19F3N4O3/c1-9-7-22-11(5-13(21-22)26-10-3-4-25-8-10)12-6-20-14(23(9)12)15(2,24)16(17,18)19/h5-6,9-10,24H,3-4,7-8H2,1-2H3/t9-,10-,15?/m0/s1. The molecule has 2 aromatic heterocycles. The minimum atomic E-state index is -4.83. The van der Waals surface area contributed by atoms with Gasteiger partial charge in [-0.3, -0.25) is 4.68 Å². The van der Waals surface area contributed by atoms with Crippen molar-refractivity contribution in [3.63, 3.8) is 0 Å². The van der Waals surface area contributed by atoms with Crippen molar-refractivity contribution >= 4 is 0 Å². The van der Waals surface area contributed by atoms with E-state index in [1.54, 1.807) is 17.7 Å². The maximum atomic E-state index is 13.3. The maximum absolute atomic E-state index is 13.3. The summed E-state index contributed by atoms with van der Waals surface area (Å²) in [4.78, 5) is 3.89. The van der Waals surface area contributed by atoms with Gasteiger partial charge in [0.05, 0.1) is 43.4 Å². The van der Waals surface area contributed by atoms with E-state index in [0.29, 0.717) is 37.0 Å². The zero-order valence-electron chi connectivity index (χ0n) is 14.3. The number of rotatable bonds is 3. The topological polar surface area (TPSA) is 74.3 Å². The molecule has 2 aromatic rings. The summed E-state index contributed by atoms with van der Waals surface area (Å²) in [5.74, 6) is -0.0203. The molecular formula is C16H19F3N4O3. The third-order valence-electron chi connectivity index (χ3n) is 4.86. The monoisotopic (exact) mass is 372 g/mol. The Morgan fingerprint density at radius 3 is 2.77 bits per heavy atom. The summed E-state index contributed by atoms with van der Waals surface area (Å²) in [6, 6.07) is 1.33. The lowest BCUT2D eigenvalue weighted by Crippen LogP contribution is -2.42. The fourth-order valence-corrected chi connectivity index (χ4v) is 3.39. The van der Waals surface area contributed by atoms with E-state index >= 15 is 0 Å². The molecule has 2 aliphatic rings. The van der Waals surface area contributed by atoms with Crippen molar-refractivity contribution in [2.24, 2.45) is 0 Å². The SMILES string of the molecule is C[C@H]1Cn2nc(O[C@H]3CCOC3)cc2-c2cnc(C(C)(O)C(F)(F)F)n21. The molecule has 0 aromatic carbocycles. The van der Waals surface area contributed by atoms with E-state index in [-0.39, 0.29) is 12.1 Å². The smallest absolute Gasteiger partial charge is 0.424 e. The van der Waals surface area contributed by atoms with Gasteiger partial charge in [-0.2, -0.15) is 13.2 Å². The van der Waals surface area contributed by atoms with Crippen LogP contribution in [0, 0.1) is 0 Å². The van der Waals surface area contributed by atoms with Crippen LogP contribution in [0.3, 0.4) is 0 Å². The Hall–Kier alpha value is -2.07. The predicted molar refractivity (Wildman–Crippen MR) is 83.6 cm³/mol. The van der Waals surface area contributed by atoms with E-state index in [0.717, 1.165) is 13.3 Å². The van der Waals surface area contributed by atoms with Crippen LogP contribution >= 0.6 is 0 Å². The molecular weight excluding hydrogens is 353 g/mol. The molecule has 0 spiro atoms. The lowest BCUT2D eigenvalue weighted by atomic mass is 10.0. The summed E-state index contributed by atoms with van der Waals surface area (Å²) in [6.45, 7) is 3.96. The molecule has 10 heteroatoms. The molecule has 3 atom stereocenters. The second-order valence-corrected chi connectivity index (χ2v) is 6.91. The highest BCUT2D eigenvalue weighted by molar-refractivity contribution is 5.58. The number of ether oxygens (including phenoxy) is 2. The molecule has 1 N–H and O–H groups in total. The molecule has 1 fully saturated rings. The van der Waals surface area contributed by atoms with Crippen LogP contribution in [0.4, 0.5) is 13.2 Å². The molecule has 1 unspecified atom stereocenters. The Morgan fingerprint density at radius 2 is 2.12 bits per heavy atom. The first-order valence-electron chi connectivity index (χ1n) is 8.38. The van der Waals surface area contributed by atoms with Gasteiger partial charge in [-0.1, -0.05) is 0 Å². The van der Waals surface area contributed by atoms with Gasteiger partial charge in [0, 0.05) is 12.5 Å². The molecule has 142 valence electrons. The van der Waals surface area contributed by atoms with Gasteiger partial charge >= 0.3 is 6.18 Å². The van der Waals surface area contributed by atoms with Gasteiger partial charge in [0.2, 0.25) is 11.5 Å². The Balaban J connectivity index is 1.72. The number of fused-ring (bicyclic) bond motifs is 3. The maximum Gasteiger partial charge on any atom is 0.424 e. The summed E-state index contributed by atoms with van der Waals surface area (Å²) < 4.78 is 54.0. The molecule has 1 saturated heterocycles. The number of hydrogen-bond acceptors (Lipinski definition) is 5. The summed E-state index contributed by atoms with van der Waals surface area (Å²) in [5.41, 5.74) is -1.97. The van der Waals surface area contributed by atoms with Gasteiger partial charge in [-0.15, -0.1) is 5.10 Å². The van der Waals surface area contributed by atoms with Gasteiger partial charge in [0.25, 0.3) is 0 Å². The van der Waals surface area contributed by atoms with Gasteiger partial charge < -0.3 is 19.1 Å². The van der Waals surface area contributed by atoms with E-state index in [9.17, 15) is 18.3 Å². The zero-order chi connectivity index (χ0) is 18.7. The van der Waals surface area contributed by atoms with Crippen LogP contribution in [0.2, 0.25) is 0 Å². The first-order chi connectivity index (χ1) is 12.2. The van der Waals surface area contributed by atoms with Crippen molar-refractivity contribution in [1.29, 1.82) is 0 Å². The van der Waals surface area contributed by atoms with Crippen LogP contribution in [0.15, 0.2) is 12.3 Å². The second kappa shape index (κ2) is 5.71. The first-order valence-corrected chi connectivity index (χ1v) is 8.38. The fraction of sp³-hybridized carbons (Fsp3) is 0.625. The third kappa shape index (κ3) is 2.59. The Kier molecular flexibility index (Phi) is 3.81. The summed E-state index contributed by atoms with van der Waals surface area (Å²) in [6.07, 6.45) is -2.80. The summed E-state index contributed by atoms with van der Waals surface area (Å²) in [5, 5.41) is 14.5. The molecule has 0 bridgehead atoms. The van der Waals surface area contributed by atoms with E-state index in [2.05, 4.69) is 10.1 Å². The second-order valence-electron chi connectivity index (χ2n) is 6.91. The van der Waals surface area contributed by atoms with E-state index < -0.39 is 17.6 Å². The lowest BCUT2D eigenvalue weighted by molar-refractivity contribution is -0.262. The molecule has 0 aliphatic carbocycles. The van der Waals surface area contributed by atoms with Crippen LogP contribution in [0.5, 0.6) is 5.88 Å². The minimum absolute atomic E-state index is 0.0733. The van der Waals surface area contributed by atoms with Crippen molar-refractivity contribution < 1.29 is 27.8 Å². The van der Waals surface area contributed by atoms with Crippen molar-refractivity contribution in [3.05, 3.63) is 18.1 Å². The average molecular weight is 372 g/mol. The minimum Gasteiger partial charge on any atom is -0.471 e. The Morgan fingerprint density at radius 1 is 1.35 bits per heavy atom. The molecule has 4 heterocycles. The highest BCUT2D eigenvalue weighted by Crippen LogP contribution is 2.42. The summed E-state index contributed by atoms with van der Waals surface area (Å²) in [7, 11) is 0. The van der Waals surface area contributed by atoms with Gasteiger partial charge in [-0.25, -0.2) is 4.98 Å². The number of nitrogens with zero attached hydrogens (tertiary/aromatic N) is 4. The van der Waals surface area contributed by atoms with Gasteiger partial charge in [0.15, 0.2) is 5.82 Å². The van der Waals surface area contributed by atoms with Crippen LogP contribution < -0.4 is 4.74 Å². The number of alkyl halides is 3. The Bertz CT molecular complexity index is 821. The average Bonchev–Trinajstić information content (AvgIpc) is 3.24. The largest absolute Gasteiger partial charge is 0.471 e. The van der Waals surface area contributed by atoms with Crippen LogP contribution in [-0.2, 0) is 16.9 Å². The summed E-state index contributed by atoms with van der Waals surface area (Å²) >= 11 is 0. The molecule has 7 nitrogen and oxygen atoms in total. The number of aliphatic hydroxyl groups is 1. The van der Waals surface area contributed by atoms with Crippen LogP contribution in [-0.4, -0.2) is 49.9 Å². The first kappa shape index (κ1) is 17.3. The van der Waals surface area contributed by atoms with Crippen molar-refractivity contribution in [1.82, 2.24) is 19.3 Å². The Labute approximate surface area is 147 Å². The van der Waals surface area contributed by atoms with Gasteiger partial charge in [-0.05, 0) is 13.8 Å². The van der Waals surface area contributed by atoms with E-state index in [1.165, 1.54) is 10.8 Å².